The molecule has 0 aliphatic carbocycles. The fraction of sp³-hybridized carbons (Fsp3) is 0.533. The molecule has 0 atom stereocenters. The molecule has 1 saturated heterocycles. The molecule has 110 valence electrons. The molecule has 0 saturated carbocycles. The van der Waals surface area contributed by atoms with Crippen molar-refractivity contribution in [1.82, 2.24) is 4.90 Å². The summed E-state index contributed by atoms with van der Waals surface area (Å²) >= 11 is 0. The minimum atomic E-state index is 0.0440. The maximum absolute atomic E-state index is 12.7. The lowest BCUT2D eigenvalue weighted by Crippen LogP contribution is -2.41. The van der Waals surface area contributed by atoms with Crippen molar-refractivity contribution in [1.29, 1.82) is 0 Å². The van der Waals surface area contributed by atoms with Gasteiger partial charge in [-0.2, -0.15) is 0 Å². The highest BCUT2D eigenvalue weighted by Gasteiger charge is 2.22. The summed E-state index contributed by atoms with van der Waals surface area (Å²) in [6, 6.07) is 5.57. The molecule has 1 amide bonds. The summed E-state index contributed by atoms with van der Waals surface area (Å²) in [6.45, 7) is 8.40. The predicted octanol–water partition coefficient (Wildman–Crippen LogP) is 1.59. The average Bonchev–Trinajstić information content (AvgIpc) is 2.50. The van der Waals surface area contributed by atoms with E-state index in [1.165, 1.54) is 0 Å². The van der Waals surface area contributed by atoms with Crippen LogP contribution < -0.4 is 10.6 Å². The molecule has 1 aliphatic rings. The largest absolute Gasteiger partial charge is 0.399 e. The number of carbonyl (C=O) groups is 1. The molecular formula is C15H23N3O2. The summed E-state index contributed by atoms with van der Waals surface area (Å²) in [4.78, 5) is 16.7. The van der Waals surface area contributed by atoms with Gasteiger partial charge in [0.2, 0.25) is 0 Å². The molecule has 5 heteroatoms. The van der Waals surface area contributed by atoms with Crippen molar-refractivity contribution >= 4 is 17.3 Å². The number of amides is 1. The van der Waals surface area contributed by atoms with Crippen LogP contribution in [0.4, 0.5) is 11.4 Å². The summed E-state index contributed by atoms with van der Waals surface area (Å²) in [5, 5.41) is 0. The zero-order chi connectivity index (χ0) is 14.5. The molecule has 5 nitrogen and oxygen atoms in total. The molecular weight excluding hydrogens is 254 g/mol. The monoisotopic (exact) mass is 277 g/mol. The van der Waals surface area contributed by atoms with Gasteiger partial charge in [0, 0.05) is 37.6 Å². The van der Waals surface area contributed by atoms with Gasteiger partial charge < -0.3 is 20.3 Å². The van der Waals surface area contributed by atoms with Crippen LogP contribution in [0.2, 0.25) is 0 Å². The van der Waals surface area contributed by atoms with Crippen LogP contribution in [0.3, 0.4) is 0 Å². The topological polar surface area (TPSA) is 58.8 Å². The number of benzene rings is 1. The Morgan fingerprint density at radius 1 is 1.30 bits per heavy atom. The van der Waals surface area contributed by atoms with E-state index in [1.54, 1.807) is 6.07 Å². The number of hydrogen-bond acceptors (Lipinski definition) is 4. The lowest BCUT2D eigenvalue weighted by Gasteiger charge is -2.30. The molecule has 2 rings (SSSR count). The van der Waals surface area contributed by atoms with Gasteiger partial charge in [-0.1, -0.05) is 0 Å². The molecule has 1 fully saturated rings. The number of hydrogen-bond donors (Lipinski definition) is 1. The lowest BCUT2D eigenvalue weighted by atomic mass is 10.1. The second-order valence-electron chi connectivity index (χ2n) is 4.85. The van der Waals surface area contributed by atoms with Gasteiger partial charge in [0.15, 0.2) is 0 Å². The van der Waals surface area contributed by atoms with Gasteiger partial charge in [0.1, 0.15) is 0 Å². The van der Waals surface area contributed by atoms with Crippen LogP contribution in [0.15, 0.2) is 18.2 Å². The highest BCUT2D eigenvalue weighted by molar-refractivity contribution is 6.00. The van der Waals surface area contributed by atoms with Crippen molar-refractivity contribution in [2.24, 2.45) is 0 Å². The van der Waals surface area contributed by atoms with E-state index in [1.807, 2.05) is 17.0 Å². The first-order valence-corrected chi connectivity index (χ1v) is 7.18. The van der Waals surface area contributed by atoms with Crippen LogP contribution in [-0.2, 0) is 4.74 Å². The lowest BCUT2D eigenvalue weighted by molar-refractivity contribution is 0.0303. The third-order valence-electron chi connectivity index (χ3n) is 3.65. The van der Waals surface area contributed by atoms with E-state index in [0.717, 1.165) is 18.8 Å². The highest BCUT2D eigenvalue weighted by atomic mass is 16.5. The summed E-state index contributed by atoms with van der Waals surface area (Å²) < 4.78 is 5.30. The summed E-state index contributed by atoms with van der Waals surface area (Å²) in [5.41, 5.74) is 8.14. The average molecular weight is 277 g/mol. The molecule has 0 aromatic heterocycles. The van der Waals surface area contributed by atoms with E-state index >= 15 is 0 Å². The quantitative estimate of drug-likeness (QED) is 0.849. The Morgan fingerprint density at radius 2 is 1.95 bits per heavy atom. The summed E-state index contributed by atoms with van der Waals surface area (Å²) in [6.07, 6.45) is 0. The van der Waals surface area contributed by atoms with E-state index in [-0.39, 0.29) is 5.91 Å². The molecule has 1 heterocycles. The van der Waals surface area contributed by atoms with Crippen LogP contribution in [-0.4, -0.2) is 50.2 Å². The molecule has 0 radical (unpaired) electrons. The first-order valence-electron chi connectivity index (χ1n) is 7.18. The summed E-state index contributed by atoms with van der Waals surface area (Å²) in [5.74, 6) is 0.0440. The Labute approximate surface area is 120 Å². The molecule has 1 aromatic carbocycles. The van der Waals surface area contributed by atoms with E-state index in [2.05, 4.69) is 18.7 Å². The van der Waals surface area contributed by atoms with Gasteiger partial charge in [-0.15, -0.1) is 0 Å². The first-order chi connectivity index (χ1) is 9.67. The predicted molar refractivity (Wildman–Crippen MR) is 81.1 cm³/mol. The SMILES string of the molecule is CCN(CC)c1ccc(N)cc1C(=O)N1CCOCC1. The number of anilines is 2. The molecule has 1 aromatic rings. The van der Waals surface area contributed by atoms with Gasteiger partial charge in [-0.25, -0.2) is 0 Å². The molecule has 0 spiro atoms. The van der Waals surface area contributed by atoms with Crippen molar-refractivity contribution in [2.75, 3.05) is 50.0 Å². The van der Waals surface area contributed by atoms with Crippen molar-refractivity contribution in [3.05, 3.63) is 23.8 Å². The Morgan fingerprint density at radius 3 is 2.55 bits per heavy atom. The Balaban J connectivity index is 2.32. The van der Waals surface area contributed by atoms with Crippen molar-refractivity contribution < 1.29 is 9.53 Å². The van der Waals surface area contributed by atoms with Crippen molar-refractivity contribution in [2.45, 2.75) is 13.8 Å². The number of ether oxygens (including phenoxy) is 1. The van der Waals surface area contributed by atoms with Crippen LogP contribution >= 0.6 is 0 Å². The van der Waals surface area contributed by atoms with E-state index in [0.29, 0.717) is 37.6 Å². The van der Waals surface area contributed by atoms with E-state index < -0.39 is 0 Å². The standard InChI is InChI=1S/C15H23N3O2/c1-3-17(4-2)14-6-5-12(16)11-13(14)15(19)18-7-9-20-10-8-18/h5-6,11H,3-4,7-10,16H2,1-2H3. The number of morpholine rings is 1. The minimum absolute atomic E-state index is 0.0440. The molecule has 0 unspecified atom stereocenters. The number of nitrogen functional groups attached to an aromatic ring is 1. The van der Waals surface area contributed by atoms with Crippen LogP contribution in [0.5, 0.6) is 0 Å². The fourth-order valence-electron chi connectivity index (χ4n) is 2.50. The number of rotatable bonds is 4. The highest BCUT2D eigenvalue weighted by Crippen LogP contribution is 2.25. The van der Waals surface area contributed by atoms with Crippen LogP contribution in [0.25, 0.3) is 0 Å². The molecule has 0 bridgehead atoms. The maximum atomic E-state index is 12.7. The van der Waals surface area contributed by atoms with Gasteiger partial charge in [-0.05, 0) is 32.0 Å². The third kappa shape index (κ3) is 3.04. The zero-order valence-electron chi connectivity index (χ0n) is 12.3. The normalized spacial score (nSPS) is 15.2. The first kappa shape index (κ1) is 14.7. The van der Waals surface area contributed by atoms with Gasteiger partial charge in [0.25, 0.3) is 5.91 Å². The second kappa shape index (κ2) is 6.61. The van der Waals surface area contributed by atoms with Gasteiger partial charge >= 0.3 is 0 Å². The molecule has 2 N–H and O–H groups in total. The Bertz CT molecular complexity index is 466. The van der Waals surface area contributed by atoms with E-state index in [4.69, 9.17) is 10.5 Å². The smallest absolute Gasteiger partial charge is 0.256 e. The Hall–Kier alpha value is -1.75. The minimum Gasteiger partial charge on any atom is -0.399 e. The number of carbonyl (C=O) groups excluding carboxylic acids is 1. The maximum Gasteiger partial charge on any atom is 0.256 e. The summed E-state index contributed by atoms with van der Waals surface area (Å²) in [7, 11) is 0. The molecule has 1 aliphatic heterocycles. The second-order valence-corrected chi connectivity index (χ2v) is 4.85. The van der Waals surface area contributed by atoms with Gasteiger partial charge in [0.05, 0.1) is 18.8 Å². The van der Waals surface area contributed by atoms with E-state index in [9.17, 15) is 4.79 Å². The molecule has 20 heavy (non-hydrogen) atoms. The van der Waals surface area contributed by atoms with Crippen molar-refractivity contribution in [3.63, 3.8) is 0 Å². The van der Waals surface area contributed by atoms with Crippen LogP contribution in [0, 0.1) is 0 Å². The zero-order valence-corrected chi connectivity index (χ0v) is 12.3. The number of nitrogens with zero attached hydrogens (tertiary/aromatic N) is 2. The fourth-order valence-corrected chi connectivity index (χ4v) is 2.50. The van der Waals surface area contributed by atoms with Crippen molar-refractivity contribution in [3.8, 4) is 0 Å². The third-order valence-corrected chi connectivity index (χ3v) is 3.65. The van der Waals surface area contributed by atoms with Gasteiger partial charge in [-0.3, -0.25) is 4.79 Å². The Kier molecular flexibility index (Phi) is 4.84. The number of nitrogens with two attached hydrogens (primary N) is 1. The van der Waals surface area contributed by atoms with Crippen LogP contribution in [0.1, 0.15) is 24.2 Å².